The number of carbonyl (C=O) groups is 1. The molecule has 0 aliphatic carbocycles. The average molecular weight is 323 g/mol. The van der Waals surface area contributed by atoms with Gasteiger partial charge in [-0.1, -0.05) is 30.0 Å². The summed E-state index contributed by atoms with van der Waals surface area (Å²) in [5, 5.41) is 14.4. The van der Waals surface area contributed by atoms with Crippen LogP contribution >= 0.6 is 11.8 Å². The van der Waals surface area contributed by atoms with Gasteiger partial charge in [0.2, 0.25) is 10.0 Å². The SMILES string of the molecule is Cc1ccc(Sc2ccccc2C(=O)O)c(S(N)(=O)=O)c1. The molecule has 7 heteroatoms. The molecule has 110 valence electrons. The van der Waals surface area contributed by atoms with Gasteiger partial charge in [-0.05, 0) is 36.8 Å². The predicted molar refractivity (Wildman–Crippen MR) is 80.1 cm³/mol. The second-order valence-electron chi connectivity index (χ2n) is 4.40. The van der Waals surface area contributed by atoms with Gasteiger partial charge in [0.25, 0.3) is 0 Å². The molecule has 21 heavy (non-hydrogen) atoms. The molecule has 0 bridgehead atoms. The Morgan fingerprint density at radius 3 is 2.43 bits per heavy atom. The van der Waals surface area contributed by atoms with Gasteiger partial charge in [-0.25, -0.2) is 18.4 Å². The van der Waals surface area contributed by atoms with Gasteiger partial charge in [-0.2, -0.15) is 0 Å². The van der Waals surface area contributed by atoms with Gasteiger partial charge in [0.15, 0.2) is 0 Å². The maximum absolute atomic E-state index is 11.7. The molecule has 5 nitrogen and oxygen atoms in total. The zero-order valence-corrected chi connectivity index (χ0v) is 12.7. The van der Waals surface area contributed by atoms with E-state index in [-0.39, 0.29) is 10.5 Å². The topological polar surface area (TPSA) is 97.5 Å². The second-order valence-corrected chi connectivity index (χ2v) is 7.01. The molecule has 2 rings (SSSR count). The van der Waals surface area contributed by atoms with Crippen LogP contribution in [0.3, 0.4) is 0 Å². The van der Waals surface area contributed by atoms with Gasteiger partial charge < -0.3 is 5.11 Å². The molecule has 0 radical (unpaired) electrons. The Morgan fingerprint density at radius 2 is 1.81 bits per heavy atom. The molecule has 2 aromatic rings. The van der Waals surface area contributed by atoms with Crippen LogP contribution in [0.4, 0.5) is 0 Å². The number of carboxylic acid groups (broad SMARTS) is 1. The second kappa shape index (κ2) is 5.88. The molecular weight excluding hydrogens is 310 g/mol. The van der Waals surface area contributed by atoms with Crippen molar-refractivity contribution in [1.29, 1.82) is 0 Å². The van der Waals surface area contributed by atoms with Gasteiger partial charge in [0.05, 0.1) is 10.5 Å². The molecule has 0 spiro atoms. The smallest absolute Gasteiger partial charge is 0.336 e. The fourth-order valence-corrected chi connectivity index (χ4v) is 3.89. The van der Waals surface area contributed by atoms with E-state index in [4.69, 9.17) is 10.2 Å². The molecule has 0 heterocycles. The van der Waals surface area contributed by atoms with Crippen LogP contribution in [0.5, 0.6) is 0 Å². The summed E-state index contributed by atoms with van der Waals surface area (Å²) in [6.45, 7) is 1.76. The highest BCUT2D eigenvalue weighted by Crippen LogP contribution is 2.34. The summed E-state index contributed by atoms with van der Waals surface area (Å²) in [7, 11) is -3.88. The minimum atomic E-state index is -3.88. The maximum atomic E-state index is 11.7. The summed E-state index contributed by atoms with van der Waals surface area (Å²) in [4.78, 5) is 12.0. The van der Waals surface area contributed by atoms with Crippen molar-refractivity contribution in [3.8, 4) is 0 Å². The standard InChI is InChI=1S/C14H13NO4S2/c1-9-6-7-12(13(8-9)21(15,18)19)20-11-5-3-2-4-10(11)14(16)17/h2-8H,1H3,(H,16,17)(H2,15,18,19). The Hall–Kier alpha value is -1.83. The summed E-state index contributed by atoms with van der Waals surface area (Å²) in [6, 6.07) is 11.2. The number of hydrogen-bond donors (Lipinski definition) is 2. The highest BCUT2D eigenvalue weighted by molar-refractivity contribution is 8.00. The Bertz CT molecular complexity index is 800. The lowest BCUT2D eigenvalue weighted by atomic mass is 10.2. The lowest BCUT2D eigenvalue weighted by Crippen LogP contribution is -2.13. The van der Waals surface area contributed by atoms with Gasteiger partial charge in [0.1, 0.15) is 0 Å². The first-order valence-electron chi connectivity index (χ1n) is 5.92. The van der Waals surface area contributed by atoms with Crippen molar-refractivity contribution in [3.05, 3.63) is 53.6 Å². The van der Waals surface area contributed by atoms with Crippen LogP contribution in [0, 0.1) is 6.92 Å². The number of nitrogens with two attached hydrogens (primary N) is 1. The molecule has 0 aliphatic rings. The summed E-state index contributed by atoms with van der Waals surface area (Å²) < 4.78 is 23.3. The number of hydrogen-bond acceptors (Lipinski definition) is 4. The minimum Gasteiger partial charge on any atom is -0.478 e. The van der Waals surface area contributed by atoms with Crippen molar-refractivity contribution >= 4 is 27.8 Å². The van der Waals surface area contributed by atoms with Crippen molar-refractivity contribution < 1.29 is 18.3 Å². The molecule has 0 aromatic heterocycles. The van der Waals surface area contributed by atoms with E-state index < -0.39 is 16.0 Å². The minimum absolute atomic E-state index is 0.00677. The quantitative estimate of drug-likeness (QED) is 0.901. The van der Waals surface area contributed by atoms with Crippen molar-refractivity contribution in [2.45, 2.75) is 21.6 Å². The van der Waals surface area contributed by atoms with Gasteiger partial charge in [-0.3, -0.25) is 0 Å². The van der Waals surface area contributed by atoms with Crippen LogP contribution in [0.2, 0.25) is 0 Å². The van der Waals surface area contributed by atoms with Crippen LogP contribution in [-0.4, -0.2) is 19.5 Å². The number of sulfonamides is 1. The first kappa shape index (κ1) is 15.6. The van der Waals surface area contributed by atoms with Crippen LogP contribution in [0.1, 0.15) is 15.9 Å². The fraction of sp³-hybridized carbons (Fsp3) is 0.0714. The molecular formula is C14H13NO4S2. The van der Waals surface area contributed by atoms with Crippen molar-refractivity contribution in [2.75, 3.05) is 0 Å². The third-order valence-electron chi connectivity index (χ3n) is 2.74. The Kier molecular flexibility index (Phi) is 4.36. The van der Waals surface area contributed by atoms with Crippen LogP contribution < -0.4 is 5.14 Å². The van der Waals surface area contributed by atoms with E-state index in [0.717, 1.165) is 17.3 Å². The fourth-order valence-electron chi connectivity index (χ4n) is 1.77. The third-order valence-corrected chi connectivity index (χ3v) is 4.97. The number of primary sulfonamides is 1. The zero-order valence-electron chi connectivity index (χ0n) is 11.1. The van der Waals surface area contributed by atoms with Gasteiger partial charge in [0, 0.05) is 9.79 Å². The van der Waals surface area contributed by atoms with E-state index in [9.17, 15) is 13.2 Å². The molecule has 0 fully saturated rings. The molecule has 0 unspecified atom stereocenters. The molecule has 0 atom stereocenters. The highest BCUT2D eigenvalue weighted by Gasteiger charge is 2.17. The molecule has 0 amide bonds. The van der Waals surface area contributed by atoms with E-state index in [1.807, 2.05) is 0 Å². The monoisotopic (exact) mass is 323 g/mol. The largest absolute Gasteiger partial charge is 0.478 e. The molecule has 0 saturated carbocycles. The van der Waals surface area contributed by atoms with E-state index in [0.29, 0.717) is 9.79 Å². The summed E-state index contributed by atoms with van der Waals surface area (Å²) in [5.74, 6) is -1.07. The zero-order chi connectivity index (χ0) is 15.6. The summed E-state index contributed by atoms with van der Waals surface area (Å²) >= 11 is 1.06. The van der Waals surface area contributed by atoms with Crippen LogP contribution in [-0.2, 0) is 10.0 Å². The molecule has 3 N–H and O–H groups in total. The maximum Gasteiger partial charge on any atom is 0.336 e. The Morgan fingerprint density at radius 1 is 1.14 bits per heavy atom. The summed E-state index contributed by atoms with van der Waals surface area (Å²) in [6.07, 6.45) is 0. The predicted octanol–water partition coefficient (Wildman–Crippen LogP) is 2.49. The Labute approximate surface area is 126 Å². The van der Waals surface area contributed by atoms with E-state index >= 15 is 0 Å². The van der Waals surface area contributed by atoms with Gasteiger partial charge in [-0.15, -0.1) is 0 Å². The molecule has 0 saturated heterocycles. The molecule has 0 aliphatic heterocycles. The number of benzene rings is 2. The highest BCUT2D eigenvalue weighted by atomic mass is 32.2. The summed E-state index contributed by atoms with van der Waals surface area (Å²) in [5.41, 5.74) is 0.873. The van der Waals surface area contributed by atoms with Crippen molar-refractivity contribution in [3.63, 3.8) is 0 Å². The lowest BCUT2D eigenvalue weighted by molar-refractivity contribution is 0.0693. The number of rotatable bonds is 4. The average Bonchev–Trinajstić information content (AvgIpc) is 2.40. The molecule has 2 aromatic carbocycles. The van der Waals surface area contributed by atoms with Gasteiger partial charge >= 0.3 is 5.97 Å². The lowest BCUT2D eigenvalue weighted by Gasteiger charge is -2.10. The third kappa shape index (κ3) is 3.63. The Balaban J connectivity index is 2.53. The number of aromatic carboxylic acids is 1. The van der Waals surface area contributed by atoms with Crippen molar-refractivity contribution in [2.24, 2.45) is 5.14 Å². The number of aryl methyl sites for hydroxylation is 1. The van der Waals surface area contributed by atoms with Crippen molar-refractivity contribution in [1.82, 2.24) is 0 Å². The van der Waals surface area contributed by atoms with Crippen LogP contribution in [0.25, 0.3) is 0 Å². The van der Waals surface area contributed by atoms with E-state index in [1.165, 1.54) is 12.1 Å². The number of carboxylic acids is 1. The van der Waals surface area contributed by atoms with E-state index in [2.05, 4.69) is 0 Å². The van der Waals surface area contributed by atoms with E-state index in [1.54, 1.807) is 37.3 Å². The van der Waals surface area contributed by atoms with Crippen LogP contribution in [0.15, 0.2) is 57.2 Å². The first-order chi connectivity index (χ1) is 9.79. The normalized spacial score (nSPS) is 11.3. The first-order valence-corrected chi connectivity index (χ1v) is 8.29.